The van der Waals surface area contributed by atoms with Crippen molar-refractivity contribution in [2.24, 2.45) is 10.2 Å². The molecular formula is C15H14N3O2-. The Kier molecular flexibility index (Phi) is 4.10. The molecule has 5 heteroatoms. The smallest absolute Gasteiger partial charge is 0.0858 e. The van der Waals surface area contributed by atoms with E-state index in [1.165, 1.54) is 12.1 Å². The van der Waals surface area contributed by atoms with Crippen LogP contribution in [0.1, 0.15) is 10.4 Å². The molecule has 0 fully saturated rings. The first-order valence-corrected chi connectivity index (χ1v) is 6.07. The molecule has 20 heavy (non-hydrogen) atoms. The number of aromatic carboxylic acids is 1. The molecule has 2 aromatic carbocycles. The highest BCUT2D eigenvalue weighted by atomic mass is 16.4. The molecule has 0 spiro atoms. The maximum Gasteiger partial charge on any atom is 0.0858 e. The van der Waals surface area contributed by atoms with Crippen LogP contribution in [0.4, 0.5) is 17.1 Å². The third-order valence-electron chi connectivity index (χ3n) is 2.75. The van der Waals surface area contributed by atoms with Crippen LogP contribution in [0.5, 0.6) is 0 Å². The van der Waals surface area contributed by atoms with Crippen molar-refractivity contribution in [1.82, 2.24) is 0 Å². The number of anilines is 1. The summed E-state index contributed by atoms with van der Waals surface area (Å²) in [5, 5.41) is 18.8. The first kappa shape index (κ1) is 13.7. The van der Waals surface area contributed by atoms with Crippen LogP contribution in [-0.4, -0.2) is 20.1 Å². The van der Waals surface area contributed by atoms with Gasteiger partial charge in [-0.25, -0.2) is 0 Å². The number of nitrogens with zero attached hydrogens (tertiary/aromatic N) is 3. The molecule has 102 valence electrons. The van der Waals surface area contributed by atoms with Gasteiger partial charge in [-0.3, -0.25) is 0 Å². The number of carboxylic acid groups (broad SMARTS) is 1. The average Bonchev–Trinajstić information content (AvgIpc) is 2.46. The van der Waals surface area contributed by atoms with E-state index < -0.39 is 5.97 Å². The fraction of sp³-hybridized carbons (Fsp3) is 0.133. The molecule has 2 rings (SSSR count). The van der Waals surface area contributed by atoms with Crippen molar-refractivity contribution in [1.29, 1.82) is 0 Å². The summed E-state index contributed by atoms with van der Waals surface area (Å²) in [5.74, 6) is -1.20. The van der Waals surface area contributed by atoms with Gasteiger partial charge in [-0.05, 0) is 42.0 Å². The molecule has 0 heterocycles. The van der Waals surface area contributed by atoms with E-state index in [0.717, 1.165) is 11.4 Å². The SMILES string of the molecule is CN(C)c1ccc(N=Nc2ccc(C(=O)[O-])cc2)cc1. The van der Waals surface area contributed by atoms with Gasteiger partial charge < -0.3 is 14.8 Å². The fourth-order valence-electron chi connectivity index (χ4n) is 1.60. The van der Waals surface area contributed by atoms with E-state index in [0.29, 0.717) is 5.69 Å². The molecule has 0 N–H and O–H groups in total. The number of azo groups is 1. The Balaban J connectivity index is 2.10. The summed E-state index contributed by atoms with van der Waals surface area (Å²) in [6.07, 6.45) is 0. The van der Waals surface area contributed by atoms with Gasteiger partial charge in [0.15, 0.2) is 0 Å². The third-order valence-corrected chi connectivity index (χ3v) is 2.75. The van der Waals surface area contributed by atoms with E-state index in [1.54, 1.807) is 12.1 Å². The van der Waals surface area contributed by atoms with Crippen molar-refractivity contribution in [2.45, 2.75) is 0 Å². The summed E-state index contributed by atoms with van der Waals surface area (Å²) in [6, 6.07) is 13.7. The number of carbonyl (C=O) groups is 1. The summed E-state index contributed by atoms with van der Waals surface area (Å²) < 4.78 is 0. The lowest BCUT2D eigenvalue weighted by Gasteiger charge is -2.11. The molecule has 0 aliphatic carbocycles. The van der Waals surface area contributed by atoms with Crippen LogP contribution in [0.2, 0.25) is 0 Å². The van der Waals surface area contributed by atoms with Gasteiger partial charge in [0.05, 0.1) is 17.3 Å². The molecule has 0 atom stereocenters. The van der Waals surface area contributed by atoms with Crippen LogP contribution in [0.3, 0.4) is 0 Å². The van der Waals surface area contributed by atoms with Crippen molar-refractivity contribution in [3.8, 4) is 0 Å². The van der Waals surface area contributed by atoms with Gasteiger partial charge in [-0.1, -0.05) is 12.1 Å². The van der Waals surface area contributed by atoms with Crippen LogP contribution in [0, 0.1) is 0 Å². The third kappa shape index (κ3) is 3.41. The predicted molar refractivity (Wildman–Crippen MR) is 75.7 cm³/mol. The van der Waals surface area contributed by atoms with Gasteiger partial charge in [-0.2, -0.15) is 10.2 Å². The second kappa shape index (κ2) is 5.97. The van der Waals surface area contributed by atoms with E-state index in [9.17, 15) is 9.90 Å². The van der Waals surface area contributed by atoms with Crippen LogP contribution in [0.15, 0.2) is 58.8 Å². The van der Waals surface area contributed by atoms with Gasteiger partial charge in [0.1, 0.15) is 0 Å². The van der Waals surface area contributed by atoms with Crippen molar-refractivity contribution < 1.29 is 9.90 Å². The molecule has 0 saturated heterocycles. The van der Waals surface area contributed by atoms with Crippen LogP contribution < -0.4 is 10.0 Å². The summed E-state index contributed by atoms with van der Waals surface area (Å²) in [5.41, 5.74) is 2.54. The highest BCUT2D eigenvalue weighted by molar-refractivity contribution is 5.86. The van der Waals surface area contributed by atoms with Gasteiger partial charge in [0.2, 0.25) is 0 Å². The van der Waals surface area contributed by atoms with E-state index in [4.69, 9.17) is 0 Å². The van der Waals surface area contributed by atoms with Gasteiger partial charge in [-0.15, -0.1) is 0 Å². The highest BCUT2D eigenvalue weighted by Crippen LogP contribution is 2.21. The van der Waals surface area contributed by atoms with Crippen molar-refractivity contribution in [3.05, 3.63) is 54.1 Å². The number of carbonyl (C=O) groups excluding carboxylic acids is 1. The molecule has 0 radical (unpaired) electrons. The summed E-state index contributed by atoms with van der Waals surface area (Å²) in [4.78, 5) is 12.6. The lowest BCUT2D eigenvalue weighted by molar-refractivity contribution is -0.255. The minimum absolute atomic E-state index is 0.124. The molecule has 0 aliphatic rings. The molecule has 0 aliphatic heterocycles. The van der Waals surface area contributed by atoms with Gasteiger partial charge >= 0.3 is 0 Å². The molecule has 5 nitrogen and oxygen atoms in total. The Morgan fingerprint density at radius 3 is 1.75 bits per heavy atom. The summed E-state index contributed by atoms with van der Waals surface area (Å²) >= 11 is 0. The zero-order chi connectivity index (χ0) is 14.5. The molecule has 0 saturated carbocycles. The van der Waals surface area contributed by atoms with Crippen molar-refractivity contribution >= 4 is 23.0 Å². The standard InChI is InChI=1S/C15H15N3O2/c1-18(2)14-9-7-13(8-10-14)17-16-12-5-3-11(4-6-12)15(19)20/h3-10H,1-2H3,(H,19,20)/p-1. The largest absolute Gasteiger partial charge is 0.545 e. The molecule has 0 aromatic heterocycles. The van der Waals surface area contributed by atoms with Crippen LogP contribution in [-0.2, 0) is 0 Å². The first-order valence-electron chi connectivity index (χ1n) is 6.07. The Morgan fingerprint density at radius 1 is 0.900 bits per heavy atom. The lowest BCUT2D eigenvalue weighted by atomic mass is 10.2. The van der Waals surface area contributed by atoms with E-state index in [1.807, 2.05) is 43.3 Å². The zero-order valence-corrected chi connectivity index (χ0v) is 11.3. The number of hydrogen-bond donors (Lipinski definition) is 0. The van der Waals surface area contributed by atoms with Gasteiger partial charge in [0.25, 0.3) is 0 Å². The molecule has 0 bridgehead atoms. The van der Waals surface area contributed by atoms with Crippen molar-refractivity contribution in [3.63, 3.8) is 0 Å². The molecular weight excluding hydrogens is 254 g/mol. The van der Waals surface area contributed by atoms with E-state index in [2.05, 4.69) is 10.2 Å². The first-order chi connectivity index (χ1) is 9.56. The van der Waals surface area contributed by atoms with E-state index in [-0.39, 0.29) is 5.56 Å². The maximum absolute atomic E-state index is 10.6. The number of benzene rings is 2. The molecule has 0 unspecified atom stereocenters. The summed E-state index contributed by atoms with van der Waals surface area (Å²) in [6.45, 7) is 0. The minimum atomic E-state index is -1.20. The highest BCUT2D eigenvalue weighted by Gasteiger charge is 1.96. The number of carboxylic acids is 1. The fourth-order valence-corrected chi connectivity index (χ4v) is 1.60. The Morgan fingerprint density at radius 2 is 1.35 bits per heavy atom. The van der Waals surface area contributed by atoms with Crippen LogP contribution >= 0.6 is 0 Å². The topological polar surface area (TPSA) is 68.1 Å². The number of hydrogen-bond acceptors (Lipinski definition) is 5. The zero-order valence-electron chi connectivity index (χ0n) is 11.3. The lowest BCUT2D eigenvalue weighted by Crippen LogP contribution is -2.21. The summed E-state index contributed by atoms with van der Waals surface area (Å²) in [7, 11) is 3.94. The number of rotatable bonds is 4. The maximum atomic E-state index is 10.6. The van der Waals surface area contributed by atoms with Crippen LogP contribution in [0.25, 0.3) is 0 Å². The Labute approximate surface area is 117 Å². The molecule has 0 amide bonds. The molecule has 2 aromatic rings. The second-order valence-corrected chi connectivity index (χ2v) is 4.45. The minimum Gasteiger partial charge on any atom is -0.545 e. The van der Waals surface area contributed by atoms with Gasteiger partial charge in [0, 0.05) is 19.8 Å². The second-order valence-electron chi connectivity index (χ2n) is 4.45. The predicted octanol–water partition coefficient (Wildman–Crippen LogP) is 2.53. The average molecular weight is 268 g/mol. The normalized spacial score (nSPS) is 10.7. The quantitative estimate of drug-likeness (QED) is 0.800. The van der Waals surface area contributed by atoms with E-state index >= 15 is 0 Å². The Bertz CT molecular complexity index is 617. The van der Waals surface area contributed by atoms with Crippen molar-refractivity contribution in [2.75, 3.05) is 19.0 Å². The monoisotopic (exact) mass is 268 g/mol. The Hall–Kier alpha value is -2.69.